The van der Waals surface area contributed by atoms with Crippen LogP contribution >= 0.6 is 0 Å². The summed E-state index contributed by atoms with van der Waals surface area (Å²) in [4.78, 5) is 0. The molecule has 3 nitrogen and oxygen atoms in total. The summed E-state index contributed by atoms with van der Waals surface area (Å²) >= 11 is 0. The minimum atomic E-state index is -0.0377. The SMILES string of the molecule is CCOc1cccc(CCN)c1OC(C)c1ccccc1. The molecule has 0 saturated heterocycles. The van der Waals surface area contributed by atoms with E-state index < -0.39 is 0 Å². The highest BCUT2D eigenvalue weighted by atomic mass is 16.5. The second-order valence-corrected chi connectivity index (χ2v) is 4.89. The van der Waals surface area contributed by atoms with Gasteiger partial charge in [0.25, 0.3) is 0 Å². The fraction of sp³-hybridized carbons (Fsp3) is 0.333. The largest absolute Gasteiger partial charge is 0.490 e. The first-order valence-corrected chi connectivity index (χ1v) is 7.42. The van der Waals surface area contributed by atoms with E-state index in [0.717, 1.165) is 29.0 Å². The Hall–Kier alpha value is -2.00. The maximum atomic E-state index is 6.19. The zero-order valence-electron chi connectivity index (χ0n) is 12.7. The quantitative estimate of drug-likeness (QED) is 0.843. The first kappa shape index (κ1) is 15.4. The summed E-state index contributed by atoms with van der Waals surface area (Å²) in [7, 11) is 0. The van der Waals surface area contributed by atoms with E-state index in [1.165, 1.54) is 0 Å². The van der Waals surface area contributed by atoms with Crippen molar-refractivity contribution >= 4 is 0 Å². The molecule has 21 heavy (non-hydrogen) atoms. The molecule has 0 heterocycles. The highest BCUT2D eigenvalue weighted by Crippen LogP contribution is 2.35. The zero-order chi connectivity index (χ0) is 15.1. The molecule has 0 amide bonds. The van der Waals surface area contributed by atoms with E-state index in [2.05, 4.69) is 12.1 Å². The molecule has 1 atom stereocenters. The number of nitrogens with two attached hydrogens (primary N) is 1. The second kappa shape index (κ2) is 7.70. The zero-order valence-corrected chi connectivity index (χ0v) is 12.7. The highest BCUT2D eigenvalue weighted by Gasteiger charge is 2.15. The van der Waals surface area contributed by atoms with Crippen molar-refractivity contribution in [2.75, 3.05) is 13.2 Å². The van der Waals surface area contributed by atoms with Crippen molar-refractivity contribution in [3.8, 4) is 11.5 Å². The average Bonchev–Trinajstić information content (AvgIpc) is 2.51. The van der Waals surface area contributed by atoms with Gasteiger partial charge in [0, 0.05) is 0 Å². The van der Waals surface area contributed by atoms with E-state index in [-0.39, 0.29) is 6.10 Å². The van der Waals surface area contributed by atoms with Crippen LogP contribution in [0.25, 0.3) is 0 Å². The Morgan fingerprint density at radius 3 is 2.48 bits per heavy atom. The smallest absolute Gasteiger partial charge is 0.165 e. The van der Waals surface area contributed by atoms with Gasteiger partial charge in [-0.3, -0.25) is 0 Å². The summed E-state index contributed by atoms with van der Waals surface area (Å²) in [6, 6.07) is 16.1. The number of benzene rings is 2. The maximum absolute atomic E-state index is 6.19. The number of hydrogen-bond donors (Lipinski definition) is 1. The third-order valence-corrected chi connectivity index (χ3v) is 3.34. The molecule has 0 aromatic heterocycles. The predicted molar refractivity (Wildman–Crippen MR) is 85.9 cm³/mol. The van der Waals surface area contributed by atoms with Gasteiger partial charge in [-0.05, 0) is 44.0 Å². The molecule has 0 aliphatic heterocycles. The first-order valence-electron chi connectivity index (χ1n) is 7.42. The van der Waals surface area contributed by atoms with Gasteiger partial charge < -0.3 is 15.2 Å². The Balaban J connectivity index is 2.28. The van der Waals surface area contributed by atoms with Crippen LogP contribution in [0.15, 0.2) is 48.5 Å². The third kappa shape index (κ3) is 3.99. The van der Waals surface area contributed by atoms with E-state index >= 15 is 0 Å². The van der Waals surface area contributed by atoms with Crippen LogP contribution in [0.5, 0.6) is 11.5 Å². The lowest BCUT2D eigenvalue weighted by Crippen LogP contribution is -2.09. The molecule has 2 aromatic carbocycles. The first-order chi connectivity index (χ1) is 10.3. The Kier molecular flexibility index (Phi) is 5.64. The third-order valence-electron chi connectivity index (χ3n) is 3.34. The van der Waals surface area contributed by atoms with Gasteiger partial charge in [0.05, 0.1) is 6.61 Å². The molecule has 2 aromatic rings. The Bertz CT molecular complexity index is 530. The van der Waals surface area contributed by atoms with Crippen molar-refractivity contribution in [1.82, 2.24) is 0 Å². The molecule has 0 radical (unpaired) electrons. The van der Waals surface area contributed by atoms with Crippen LogP contribution in [-0.4, -0.2) is 13.2 Å². The van der Waals surface area contributed by atoms with Gasteiger partial charge in [-0.1, -0.05) is 42.5 Å². The maximum Gasteiger partial charge on any atom is 0.165 e. The van der Waals surface area contributed by atoms with Crippen LogP contribution < -0.4 is 15.2 Å². The van der Waals surface area contributed by atoms with Gasteiger partial charge in [0.1, 0.15) is 6.10 Å². The topological polar surface area (TPSA) is 44.5 Å². The van der Waals surface area contributed by atoms with Crippen LogP contribution in [0.1, 0.15) is 31.1 Å². The molecule has 0 saturated carbocycles. The average molecular weight is 285 g/mol. The van der Waals surface area contributed by atoms with Gasteiger partial charge in [0.2, 0.25) is 0 Å². The molecular formula is C18H23NO2. The molecule has 0 spiro atoms. The number of rotatable bonds is 7. The molecule has 0 bridgehead atoms. The molecule has 2 rings (SSSR count). The summed E-state index contributed by atoms with van der Waals surface area (Å²) in [6.07, 6.45) is 0.738. The lowest BCUT2D eigenvalue weighted by molar-refractivity contribution is 0.208. The van der Waals surface area contributed by atoms with Gasteiger partial charge in [-0.15, -0.1) is 0 Å². The standard InChI is InChI=1S/C18H23NO2/c1-3-20-17-11-7-10-16(12-13-19)18(17)21-14(2)15-8-5-4-6-9-15/h4-11,14H,3,12-13,19H2,1-2H3. The number of para-hydroxylation sites is 1. The van der Waals surface area contributed by atoms with Crippen LogP contribution in [-0.2, 0) is 6.42 Å². The fourth-order valence-electron chi connectivity index (χ4n) is 2.29. The van der Waals surface area contributed by atoms with Crippen molar-refractivity contribution in [3.05, 3.63) is 59.7 Å². The summed E-state index contributed by atoms with van der Waals surface area (Å²) in [5.41, 5.74) is 7.93. The van der Waals surface area contributed by atoms with Crippen molar-refractivity contribution < 1.29 is 9.47 Å². The van der Waals surface area contributed by atoms with Crippen LogP contribution in [0, 0.1) is 0 Å². The van der Waals surface area contributed by atoms with E-state index in [9.17, 15) is 0 Å². The molecule has 0 fully saturated rings. The van der Waals surface area contributed by atoms with Crippen molar-refractivity contribution in [2.24, 2.45) is 5.73 Å². The normalized spacial score (nSPS) is 12.0. The Labute approximate surface area is 126 Å². The Morgan fingerprint density at radius 2 is 1.81 bits per heavy atom. The van der Waals surface area contributed by atoms with Crippen molar-refractivity contribution in [1.29, 1.82) is 0 Å². The van der Waals surface area contributed by atoms with Crippen molar-refractivity contribution in [2.45, 2.75) is 26.4 Å². The lowest BCUT2D eigenvalue weighted by Gasteiger charge is -2.20. The molecule has 112 valence electrons. The lowest BCUT2D eigenvalue weighted by atomic mass is 10.1. The van der Waals surface area contributed by atoms with E-state index in [4.69, 9.17) is 15.2 Å². The van der Waals surface area contributed by atoms with Crippen LogP contribution in [0.2, 0.25) is 0 Å². The van der Waals surface area contributed by atoms with Gasteiger partial charge in [0.15, 0.2) is 11.5 Å². The molecular weight excluding hydrogens is 262 g/mol. The van der Waals surface area contributed by atoms with E-state index in [1.807, 2.05) is 50.2 Å². The minimum Gasteiger partial charge on any atom is -0.490 e. The molecule has 0 aliphatic carbocycles. The van der Waals surface area contributed by atoms with Gasteiger partial charge in [-0.25, -0.2) is 0 Å². The van der Waals surface area contributed by atoms with E-state index in [1.54, 1.807) is 0 Å². The summed E-state index contributed by atoms with van der Waals surface area (Å²) in [5.74, 6) is 1.59. The summed E-state index contributed by atoms with van der Waals surface area (Å²) < 4.78 is 11.9. The van der Waals surface area contributed by atoms with Crippen molar-refractivity contribution in [3.63, 3.8) is 0 Å². The summed E-state index contributed by atoms with van der Waals surface area (Å²) in [5, 5.41) is 0. The number of ether oxygens (including phenoxy) is 2. The van der Waals surface area contributed by atoms with Crippen LogP contribution in [0.3, 0.4) is 0 Å². The minimum absolute atomic E-state index is 0.0377. The highest BCUT2D eigenvalue weighted by molar-refractivity contribution is 5.47. The molecule has 1 unspecified atom stereocenters. The Morgan fingerprint density at radius 1 is 1.05 bits per heavy atom. The predicted octanol–water partition coefficient (Wildman–Crippen LogP) is 3.73. The molecule has 0 aliphatic rings. The second-order valence-electron chi connectivity index (χ2n) is 4.89. The molecule has 2 N–H and O–H groups in total. The monoisotopic (exact) mass is 285 g/mol. The number of hydrogen-bond acceptors (Lipinski definition) is 3. The van der Waals surface area contributed by atoms with Gasteiger partial charge in [-0.2, -0.15) is 0 Å². The van der Waals surface area contributed by atoms with E-state index in [0.29, 0.717) is 13.2 Å². The van der Waals surface area contributed by atoms with Gasteiger partial charge >= 0.3 is 0 Å². The molecule has 3 heteroatoms. The summed E-state index contributed by atoms with van der Waals surface area (Å²) in [6.45, 7) is 5.22. The van der Waals surface area contributed by atoms with Crippen LogP contribution in [0.4, 0.5) is 0 Å². The fourth-order valence-corrected chi connectivity index (χ4v) is 2.29.